The SMILES string of the molecule is CC(C)[C@H](NC(=O)c1ccco1)C(=O)OCC(=O)NC12CC3CC(CC(C3)C1)C2. The molecule has 5 rings (SSSR count). The van der Waals surface area contributed by atoms with Gasteiger partial charge < -0.3 is 19.8 Å². The lowest BCUT2D eigenvalue weighted by Crippen LogP contribution is -2.60. The molecule has 1 aromatic heterocycles. The van der Waals surface area contributed by atoms with Gasteiger partial charge in [-0.1, -0.05) is 13.8 Å². The van der Waals surface area contributed by atoms with Gasteiger partial charge in [-0.25, -0.2) is 4.79 Å². The molecule has 0 aliphatic heterocycles. The highest BCUT2D eigenvalue weighted by molar-refractivity contribution is 5.94. The molecule has 1 atom stereocenters. The summed E-state index contributed by atoms with van der Waals surface area (Å²) in [5.74, 6) is 0.781. The van der Waals surface area contributed by atoms with Gasteiger partial charge in [-0.15, -0.1) is 0 Å². The van der Waals surface area contributed by atoms with Gasteiger partial charge in [0.1, 0.15) is 6.04 Å². The van der Waals surface area contributed by atoms with E-state index in [2.05, 4.69) is 10.6 Å². The van der Waals surface area contributed by atoms with Crippen LogP contribution in [0.25, 0.3) is 0 Å². The van der Waals surface area contributed by atoms with Crippen LogP contribution in [-0.4, -0.2) is 36.0 Å². The molecule has 0 radical (unpaired) electrons. The molecular weight excluding hydrogens is 372 g/mol. The number of rotatable bonds is 7. The van der Waals surface area contributed by atoms with E-state index in [0.29, 0.717) is 0 Å². The standard InChI is InChI=1S/C22H30N2O5/c1-13(2)19(23-20(26)17-4-3-5-28-17)21(27)29-12-18(25)24-22-9-14-6-15(10-22)8-16(7-14)11-22/h3-5,13-16,19H,6-12H2,1-2H3,(H,23,26)(H,24,25)/t14?,15?,16?,19-,22?/m0/s1. The Kier molecular flexibility index (Phi) is 5.40. The third kappa shape index (κ3) is 4.33. The Morgan fingerprint density at radius 1 is 1.14 bits per heavy atom. The number of carbonyl (C=O) groups is 3. The summed E-state index contributed by atoms with van der Waals surface area (Å²) in [5, 5.41) is 5.82. The normalized spacial score (nSPS) is 30.8. The molecule has 2 N–H and O–H groups in total. The van der Waals surface area contributed by atoms with E-state index in [-0.39, 0.29) is 29.7 Å². The Morgan fingerprint density at radius 3 is 2.28 bits per heavy atom. The second kappa shape index (κ2) is 7.84. The molecule has 4 saturated carbocycles. The first kappa shape index (κ1) is 20.0. The van der Waals surface area contributed by atoms with E-state index >= 15 is 0 Å². The molecule has 0 unspecified atom stereocenters. The fourth-order valence-electron chi connectivity index (χ4n) is 5.94. The van der Waals surface area contributed by atoms with Crippen LogP contribution in [-0.2, 0) is 14.3 Å². The van der Waals surface area contributed by atoms with Crippen molar-refractivity contribution in [1.29, 1.82) is 0 Å². The lowest BCUT2D eigenvalue weighted by atomic mass is 9.53. The Hall–Kier alpha value is -2.31. The van der Waals surface area contributed by atoms with Gasteiger partial charge in [-0.2, -0.15) is 0 Å². The van der Waals surface area contributed by atoms with Crippen LogP contribution in [0.5, 0.6) is 0 Å². The molecule has 1 aromatic rings. The molecule has 29 heavy (non-hydrogen) atoms. The van der Waals surface area contributed by atoms with Crippen molar-refractivity contribution in [2.75, 3.05) is 6.61 Å². The minimum absolute atomic E-state index is 0.108. The van der Waals surface area contributed by atoms with Crippen molar-refractivity contribution in [2.24, 2.45) is 23.7 Å². The topological polar surface area (TPSA) is 97.6 Å². The third-order valence-corrected chi connectivity index (χ3v) is 6.74. The lowest BCUT2D eigenvalue weighted by Gasteiger charge is -2.56. The Labute approximate surface area is 170 Å². The monoisotopic (exact) mass is 402 g/mol. The van der Waals surface area contributed by atoms with E-state index in [9.17, 15) is 14.4 Å². The zero-order valence-electron chi connectivity index (χ0n) is 17.1. The first-order valence-electron chi connectivity index (χ1n) is 10.7. The summed E-state index contributed by atoms with van der Waals surface area (Å²) in [6.45, 7) is 3.30. The van der Waals surface area contributed by atoms with Crippen LogP contribution >= 0.6 is 0 Å². The van der Waals surface area contributed by atoms with Crippen molar-refractivity contribution in [1.82, 2.24) is 10.6 Å². The molecule has 4 aliphatic carbocycles. The summed E-state index contributed by atoms with van der Waals surface area (Å²) in [4.78, 5) is 37.2. The predicted octanol–water partition coefficient (Wildman–Crippen LogP) is 2.66. The minimum atomic E-state index is -0.847. The number of hydrogen-bond acceptors (Lipinski definition) is 5. The van der Waals surface area contributed by atoms with Crippen LogP contribution < -0.4 is 10.6 Å². The second-order valence-corrected chi connectivity index (χ2v) is 9.53. The molecular formula is C22H30N2O5. The number of esters is 1. The van der Waals surface area contributed by atoms with Crippen LogP contribution in [0.15, 0.2) is 22.8 Å². The zero-order valence-corrected chi connectivity index (χ0v) is 17.1. The van der Waals surface area contributed by atoms with E-state index in [1.807, 2.05) is 13.8 Å². The quantitative estimate of drug-likeness (QED) is 0.684. The fourth-order valence-corrected chi connectivity index (χ4v) is 5.94. The van der Waals surface area contributed by atoms with Gasteiger partial charge in [0.25, 0.3) is 11.8 Å². The first-order chi connectivity index (χ1) is 13.8. The molecule has 1 heterocycles. The van der Waals surface area contributed by atoms with Gasteiger partial charge in [-0.3, -0.25) is 9.59 Å². The van der Waals surface area contributed by atoms with E-state index in [1.54, 1.807) is 6.07 Å². The number of nitrogens with one attached hydrogen (secondary N) is 2. The van der Waals surface area contributed by atoms with Crippen LogP contribution in [0, 0.1) is 23.7 Å². The minimum Gasteiger partial charge on any atom is -0.459 e. The summed E-state index contributed by atoms with van der Waals surface area (Å²) < 4.78 is 10.3. The maximum atomic E-state index is 12.5. The molecule has 0 saturated heterocycles. The molecule has 7 nitrogen and oxygen atoms in total. The highest BCUT2D eigenvalue weighted by Crippen LogP contribution is 2.55. The molecule has 7 heteroatoms. The Morgan fingerprint density at radius 2 is 1.76 bits per heavy atom. The van der Waals surface area contributed by atoms with Crippen molar-refractivity contribution in [3.63, 3.8) is 0 Å². The van der Waals surface area contributed by atoms with Crippen LogP contribution in [0.2, 0.25) is 0 Å². The smallest absolute Gasteiger partial charge is 0.329 e. The molecule has 2 amide bonds. The highest BCUT2D eigenvalue weighted by atomic mass is 16.5. The summed E-state index contributed by atoms with van der Waals surface area (Å²) in [6.07, 6.45) is 8.44. The molecule has 158 valence electrons. The van der Waals surface area contributed by atoms with Gasteiger partial charge in [0.05, 0.1) is 6.26 Å². The third-order valence-electron chi connectivity index (χ3n) is 6.74. The van der Waals surface area contributed by atoms with Crippen molar-refractivity contribution >= 4 is 17.8 Å². The van der Waals surface area contributed by atoms with Gasteiger partial charge in [-0.05, 0) is 74.3 Å². The van der Waals surface area contributed by atoms with Crippen molar-refractivity contribution in [3.8, 4) is 0 Å². The van der Waals surface area contributed by atoms with E-state index in [0.717, 1.165) is 37.0 Å². The molecule has 0 aromatic carbocycles. The predicted molar refractivity (Wildman–Crippen MR) is 105 cm³/mol. The number of carbonyl (C=O) groups excluding carboxylic acids is 3. The second-order valence-electron chi connectivity index (χ2n) is 9.53. The largest absolute Gasteiger partial charge is 0.459 e. The van der Waals surface area contributed by atoms with Crippen LogP contribution in [0.4, 0.5) is 0 Å². The first-order valence-corrected chi connectivity index (χ1v) is 10.7. The molecule has 4 fully saturated rings. The highest BCUT2D eigenvalue weighted by Gasteiger charge is 2.51. The maximum Gasteiger partial charge on any atom is 0.329 e. The number of hydrogen-bond donors (Lipinski definition) is 2. The molecule has 4 aliphatic rings. The number of amides is 2. The van der Waals surface area contributed by atoms with E-state index in [4.69, 9.17) is 9.15 Å². The summed E-state index contributed by atoms with van der Waals surface area (Å²) >= 11 is 0. The van der Waals surface area contributed by atoms with E-state index in [1.165, 1.54) is 31.6 Å². The molecule has 0 spiro atoms. The zero-order chi connectivity index (χ0) is 20.6. The lowest BCUT2D eigenvalue weighted by molar-refractivity contribution is -0.152. The van der Waals surface area contributed by atoms with Crippen molar-refractivity contribution in [3.05, 3.63) is 24.2 Å². The van der Waals surface area contributed by atoms with Gasteiger partial charge in [0.15, 0.2) is 12.4 Å². The van der Waals surface area contributed by atoms with Crippen molar-refractivity contribution < 1.29 is 23.5 Å². The van der Waals surface area contributed by atoms with Crippen molar-refractivity contribution in [2.45, 2.75) is 64.0 Å². The van der Waals surface area contributed by atoms with Crippen LogP contribution in [0.3, 0.4) is 0 Å². The van der Waals surface area contributed by atoms with Crippen LogP contribution in [0.1, 0.15) is 62.9 Å². The Bertz CT molecular complexity index is 735. The Balaban J connectivity index is 1.29. The average molecular weight is 402 g/mol. The summed E-state index contributed by atoms with van der Waals surface area (Å²) in [7, 11) is 0. The summed E-state index contributed by atoms with van der Waals surface area (Å²) in [6, 6.07) is 2.28. The number of furan rings is 1. The maximum absolute atomic E-state index is 12.5. The van der Waals surface area contributed by atoms with Gasteiger partial charge in [0.2, 0.25) is 0 Å². The summed E-state index contributed by atoms with van der Waals surface area (Å²) in [5.41, 5.74) is -0.108. The van der Waals surface area contributed by atoms with Gasteiger partial charge >= 0.3 is 5.97 Å². The van der Waals surface area contributed by atoms with E-state index < -0.39 is 17.9 Å². The fraction of sp³-hybridized carbons (Fsp3) is 0.682. The van der Waals surface area contributed by atoms with Gasteiger partial charge in [0, 0.05) is 5.54 Å². The average Bonchev–Trinajstić information content (AvgIpc) is 3.17. The number of ether oxygens (including phenoxy) is 1. The molecule has 4 bridgehead atoms.